The van der Waals surface area contributed by atoms with Gasteiger partial charge in [-0.3, -0.25) is 4.79 Å². The van der Waals surface area contributed by atoms with Crippen LogP contribution in [0.2, 0.25) is 0 Å². The van der Waals surface area contributed by atoms with Gasteiger partial charge in [0.1, 0.15) is 5.54 Å². The van der Waals surface area contributed by atoms with Crippen LogP contribution in [0.5, 0.6) is 0 Å². The Morgan fingerprint density at radius 1 is 1.44 bits per heavy atom. The molecule has 2 aliphatic rings. The first-order valence-electron chi connectivity index (χ1n) is 5.77. The fourth-order valence-electron chi connectivity index (χ4n) is 2.09. The normalized spacial score (nSPS) is 24.3. The minimum atomic E-state index is -1.06. The molecule has 3 N–H and O–H groups in total. The second-order valence-corrected chi connectivity index (χ2v) is 5.06. The van der Waals surface area contributed by atoms with Crippen LogP contribution in [0.15, 0.2) is 0 Å². The van der Waals surface area contributed by atoms with Gasteiger partial charge in [-0.1, -0.05) is 0 Å². The first-order valence-corrected chi connectivity index (χ1v) is 5.77. The number of hydrogen-bond donors (Lipinski definition) is 3. The summed E-state index contributed by atoms with van der Waals surface area (Å²) in [5.74, 6) is -0.580. The van der Waals surface area contributed by atoms with Gasteiger partial charge in [0.25, 0.3) is 0 Å². The zero-order chi connectivity index (χ0) is 11.8. The van der Waals surface area contributed by atoms with E-state index in [0.717, 1.165) is 25.9 Å². The molecular formula is C11H18N2O3. The molecule has 1 amide bonds. The number of carbonyl (C=O) groups is 2. The van der Waals surface area contributed by atoms with Crippen molar-refractivity contribution < 1.29 is 14.7 Å². The highest BCUT2D eigenvalue weighted by Gasteiger charge is 2.48. The SMILES string of the molecule is CC(NC(=O)CC1CNC1)(C(=O)O)C1CC1. The van der Waals surface area contributed by atoms with Crippen LogP contribution < -0.4 is 10.6 Å². The van der Waals surface area contributed by atoms with Crippen molar-refractivity contribution in [2.75, 3.05) is 13.1 Å². The van der Waals surface area contributed by atoms with Crippen molar-refractivity contribution in [3.8, 4) is 0 Å². The first-order chi connectivity index (χ1) is 7.52. The van der Waals surface area contributed by atoms with Gasteiger partial charge < -0.3 is 15.7 Å². The minimum absolute atomic E-state index is 0.105. The summed E-state index contributed by atoms with van der Waals surface area (Å²) in [6, 6.07) is 0. The van der Waals surface area contributed by atoms with Gasteiger partial charge in [0.15, 0.2) is 0 Å². The monoisotopic (exact) mass is 226 g/mol. The van der Waals surface area contributed by atoms with E-state index in [1.165, 1.54) is 0 Å². The molecule has 1 heterocycles. The minimum Gasteiger partial charge on any atom is -0.480 e. The Morgan fingerprint density at radius 3 is 2.44 bits per heavy atom. The van der Waals surface area contributed by atoms with Crippen LogP contribution >= 0.6 is 0 Å². The van der Waals surface area contributed by atoms with Crippen LogP contribution in [0.4, 0.5) is 0 Å². The van der Waals surface area contributed by atoms with Crippen LogP contribution in [-0.4, -0.2) is 35.6 Å². The van der Waals surface area contributed by atoms with Gasteiger partial charge in [-0.15, -0.1) is 0 Å². The lowest BCUT2D eigenvalue weighted by Crippen LogP contribution is -2.55. The molecule has 1 atom stereocenters. The average molecular weight is 226 g/mol. The summed E-state index contributed by atoms with van der Waals surface area (Å²) in [4.78, 5) is 22.9. The van der Waals surface area contributed by atoms with E-state index in [-0.39, 0.29) is 11.8 Å². The number of nitrogens with one attached hydrogen (secondary N) is 2. The fraction of sp³-hybridized carbons (Fsp3) is 0.818. The standard InChI is InChI=1S/C11H18N2O3/c1-11(10(15)16,8-2-3-8)13-9(14)4-7-5-12-6-7/h7-8,12H,2-6H2,1H3,(H,13,14)(H,15,16). The summed E-state index contributed by atoms with van der Waals surface area (Å²) in [5.41, 5.74) is -1.06. The van der Waals surface area contributed by atoms with Crippen LogP contribution in [0.3, 0.4) is 0 Å². The van der Waals surface area contributed by atoms with E-state index in [9.17, 15) is 14.7 Å². The van der Waals surface area contributed by atoms with Crippen molar-refractivity contribution in [2.24, 2.45) is 11.8 Å². The molecule has 2 fully saturated rings. The molecule has 2 rings (SSSR count). The molecule has 1 saturated carbocycles. The van der Waals surface area contributed by atoms with Crippen molar-refractivity contribution >= 4 is 11.9 Å². The second kappa shape index (κ2) is 4.05. The van der Waals surface area contributed by atoms with Crippen LogP contribution in [0, 0.1) is 11.8 Å². The Bertz CT molecular complexity index is 310. The topological polar surface area (TPSA) is 78.4 Å². The molecule has 1 aliphatic heterocycles. The van der Waals surface area contributed by atoms with E-state index < -0.39 is 11.5 Å². The highest BCUT2D eigenvalue weighted by Crippen LogP contribution is 2.39. The predicted molar refractivity (Wildman–Crippen MR) is 57.9 cm³/mol. The number of aliphatic carboxylic acids is 1. The lowest BCUT2D eigenvalue weighted by atomic mass is 9.93. The number of carboxylic acids is 1. The maximum atomic E-state index is 11.7. The summed E-state index contributed by atoms with van der Waals surface area (Å²) >= 11 is 0. The Kier molecular flexibility index (Phi) is 2.88. The van der Waals surface area contributed by atoms with Crippen LogP contribution in [-0.2, 0) is 9.59 Å². The highest BCUT2D eigenvalue weighted by molar-refractivity contribution is 5.87. The van der Waals surface area contributed by atoms with E-state index in [4.69, 9.17) is 0 Å². The van der Waals surface area contributed by atoms with Gasteiger partial charge in [0.05, 0.1) is 0 Å². The first kappa shape index (κ1) is 11.4. The summed E-state index contributed by atoms with van der Waals surface area (Å²) in [5, 5.41) is 14.9. The van der Waals surface area contributed by atoms with Gasteiger partial charge in [0, 0.05) is 6.42 Å². The Hall–Kier alpha value is -1.10. The van der Waals surface area contributed by atoms with Crippen molar-refractivity contribution in [1.29, 1.82) is 0 Å². The molecule has 0 radical (unpaired) electrons. The molecule has 0 bridgehead atoms. The highest BCUT2D eigenvalue weighted by atomic mass is 16.4. The van der Waals surface area contributed by atoms with Crippen LogP contribution in [0.1, 0.15) is 26.2 Å². The zero-order valence-corrected chi connectivity index (χ0v) is 9.45. The van der Waals surface area contributed by atoms with Gasteiger partial charge in [-0.25, -0.2) is 4.79 Å². The third-order valence-corrected chi connectivity index (χ3v) is 3.58. The lowest BCUT2D eigenvalue weighted by molar-refractivity contribution is -0.148. The Balaban J connectivity index is 1.89. The van der Waals surface area contributed by atoms with Crippen molar-refractivity contribution in [3.63, 3.8) is 0 Å². The Labute approximate surface area is 94.6 Å². The lowest BCUT2D eigenvalue weighted by Gasteiger charge is -2.30. The maximum Gasteiger partial charge on any atom is 0.329 e. The molecule has 5 heteroatoms. The molecule has 90 valence electrons. The molecule has 0 aromatic heterocycles. The van der Waals surface area contributed by atoms with E-state index >= 15 is 0 Å². The third-order valence-electron chi connectivity index (χ3n) is 3.58. The number of rotatable bonds is 5. The summed E-state index contributed by atoms with van der Waals surface area (Å²) < 4.78 is 0. The van der Waals surface area contributed by atoms with Gasteiger partial charge >= 0.3 is 5.97 Å². The third kappa shape index (κ3) is 2.19. The second-order valence-electron chi connectivity index (χ2n) is 5.06. The molecule has 0 aromatic rings. The van der Waals surface area contributed by atoms with Gasteiger partial charge in [-0.05, 0) is 44.7 Å². The van der Waals surface area contributed by atoms with Crippen molar-refractivity contribution in [2.45, 2.75) is 31.7 Å². The quantitative estimate of drug-likeness (QED) is 0.615. The van der Waals surface area contributed by atoms with E-state index in [1.807, 2.05) is 0 Å². The number of carbonyl (C=O) groups excluding carboxylic acids is 1. The number of hydrogen-bond acceptors (Lipinski definition) is 3. The van der Waals surface area contributed by atoms with Crippen molar-refractivity contribution in [1.82, 2.24) is 10.6 Å². The van der Waals surface area contributed by atoms with E-state index in [1.54, 1.807) is 6.92 Å². The summed E-state index contributed by atoms with van der Waals surface area (Å²) in [6.45, 7) is 3.34. The molecule has 5 nitrogen and oxygen atoms in total. The smallest absolute Gasteiger partial charge is 0.329 e. The number of amides is 1. The fourth-order valence-corrected chi connectivity index (χ4v) is 2.09. The predicted octanol–water partition coefficient (Wildman–Crippen LogP) is -0.0346. The molecular weight excluding hydrogens is 208 g/mol. The average Bonchev–Trinajstić information content (AvgIpc) is 2.94. The Morgan fingerprint density at radius 2 is 2.06 bits per heavy atom. The zero-order valence-electron chi connectivity index (χ0n) is 9.45. The molecule has 1 saturated heterocycles. The van der Waals surface area contributed by atoms with E-state index in [2.05, 4.69) is 10.6 Å². The molecule has 16 heavy (non-hydrogen) atoms. The van der Waals surface area contributed by atoms with E-state index in [0.29, 0.717) is 12.3 Å². The van der Waals surface area contributed by atoms with Crippen molar-refractivity contribution in [3.05, 3.63) is 0 Å². The molecule has 0 aromatic carbocycles. The largest absolute Gasteiger partial charge is 0.480 e. The molecule has 1 aliphatic carbocycles. The summed E-state index contributed by atoms with van der Waals surface area (Å²) in [7, 11) is 0. The number of carboxylic acid groups (broad SMARTS) is 1. The van der Waals surface area contributed by atoms with Gasteiger partial charge in [0.2, 0.25) is 5.91 Å². The summed E-state index contributed by atoms with van der Waals surface area (Å²) in [6.07, 6.45) is 2.23. The maximum absolute atomic E-state index is 11.7. The molecule has 0 spiro atoms. The molecule has 1 unspecified atom stereocenters. The van der Waals surface area contributed by atoms with Crippen LogP contribution in [0.25, 0.3) is 0 Å². The van der Waals surface area contributed by atoms with Gasteiger partial charge in [-0.2, -0.15) is 0 Å².